The van der Waals surface area contributed by atoms with Gasteiger partial charge in [-0.15, -0.1) is 0 Å². The molecule has 0 saturated carbocycles. The van der Waals surface area contributed by atoms with Crippen molar-refractivity contribution in [3.05, 3.63) is 58.7 Å². The molecular formula is C23H27F3N2O3. The van der Waals surface area contributed by atoms with E-state index < -0.39 is 17.7 Å². The summed E-state index contributed by atoms with van der Waals surface area (Å²) in [6.45, 7) is 6.66. The standard InChI is InChI=1S/C23H27F3N2O3/c1-5-10-30-21-13-20(27-15-28(4)6-2)16(3)11-19(21)22(29)31-14-17-8-7-9-18(12-17)23(24,25)26/h7-9,11-13,15H,5-6,10,14H2,1-4H3/b27-15+. The van der Waals surface area contributed by atoms with Crippen LogP contribution in [0.25, 0.3) is 0 Å². The molecule has 168 valence electrons. The number of ether oxygens (including phenoxy) is 2. The highest BCUT2D eigenvalue weighted by atomic mass is 19.4. The second-order valence-electron chi connectivity index (χ2n) is 7.08. The zero-order valence-electron chi connectivity index (χ0n) is 18.1. The van der Waals surface area contributed by atoms with E-state index in [-0.39, 0.29) is 17.7 Å². The van der Waals surface area contributed by atoms with Crippen molar-refractivity contribution >= 4 is 18.0 Å². The summed E-state index contributed by atoms with van der Waals surface area (Å²) in [4.78, 5) is 19.0. The van der Waals surface area contributed by atoms with Crippen LogP contribution in [0.15, 0.2) is 41.4 Å². The molecule has 2 aromatic rings. The van der Waals surface area contributed by atoms with Crippen LogP contribution in [0.5, 0.6) is 5.75 Å². The molecule has 5 nitrogen and oxygen atoms in total. The van der Waals surface area contributed by atoms with Gasteiger partial charge in [-0.2, -0.15) is 13.2 Å². The van der Waals surface area contributed by atoms with Crippen LogP contribution < -0.4 is 4.74 Å². The zero-order valence-corrected chi connectivity index (χ0v) is 18.1. The van der Waals surface area contributed by atoms with Gasteiger partial charge in [-0.3, -0.25) is 0 Å². The van der Waals surface area contributed by atoms with Gasteiger partial charge in [0.15, 0.2) is 0 Å². The molecule has 8 heteroatoms. The van der Waals surface area contributed by atoms with Crippen molar-refractivity contribution in [1.82, 2.24) is 4.90 Å². The second-order valence-corrected chi connectivity index (χ2v) is 7.08. The molecule has 2 aromatic carbocycles. The first kappa shape index (κ1) is 24.2. The van der Waals surface area contributed by atoms with Crippen molar-refractivity contribution in [2.24, 2.45) is 4.99 Å². The molecule has 0 aliphatic heterocycles. The van der Waals surface area contributed by atoms with E-state index in [0.29, 0.717) is 18.0 Å². The third kappa shape index (κ3) is 7.01. The molecule has 0 heterocycles. The minimum atomic E-state index is -4.46. The van der Waals surface area contributed by atoms with Crippen LogP contribution in [0.4, 0.5) is 18.9 Å². The predicted octanol–water partition coefficient (Wildman–Crippen LogP) is 5.77. The van der Waals surface area contributed by atoms with Gasteiger partial charge < -0.3 is 14.4 Å². The van der Waals surface area contributed by atoms with Gasteiger partial charge in [0, 0.05) is 19.7 Å². The number of hydrogen-bond acceptors (Lipinski definition) is 4. The van der Waals surface area contributed by atoms with Gasteiger partial charge >= 0.3 is 12.1 Å². The van der Waals surface area contributed by atoms with Crippen molar-refractivity contribution in [2.75, 3.05) is 20.2 Å². The summed E-state index contributed by atoms with van der Waals surface area (Å²) in [5.41, 5.74) is 1.07. The fraction of sp³-hybridized carbons (Fsp3) is 0.391. The maximum absolute atomic E-state index is 12.9. The van der Waals surface area contributed by atoms with Gasteiger partial charge in [-0.25, -0.2) is 9.79 Å². The number of benzene rings is 2. The molecule has 31 heavy (non-hydrogen) atoms. The van der Waals surface area contributed by atoms with Crippen molar-refractivity contribution in [2.45, 2.75) is 40.0 Å². The van der Waals surface area contributed by atoms with E-state index in [4.69, 9.17) is 9.47 Å². The summed E-state index contributed by atoms with van der Waals surface area (Å²) in [6.07, 6.45) is -2.03. The van der Waals surface area contributed by atoms with Crippen molar-refractivity contribution < 1.29 is 27.4 Å². The highest BCUT2D eigenvalue weighted by molar-refractivity contribution is 5.93. The number of aliphatic imine (C=N–C) groups is 1. The number of aryl methyl sites for hydroxylation is 1. The Morgan fingerprint density at radius 3 is 2.58 bits per heavy atom. The molecule has 0 spiro atoms. The summed E-state index contributed by atoms with van der Waals surface area (Å²) in [5, 5.41) is 0. The molecule has 0 fully saturated rings. The van der Waals surface area contributed by atoms with E-state index in [1.54, 1.807) is 18.5 Å². The maximum Gasteiger partial charge on any atom is 0.416 e. The van der Waals surface area contributed by atoms with Crippen LogP contribution in [-0.2, 0) is 17.5 Å². The molecule has 0 aliphatic carbocycles. The smallest absolute Gasteiger partial charge is 0.416 e. The number of rotatable bonds is 9. The van der Waals surface area contributed by atoms with Crippen molar-refractivity contribution in [3.8, 4) is 5.75 Å². The lowest BCUT2D eigenvalue weighted by Gasteiger charge is -2.14. The average molecular weight is 436 g/mol. The van der Waals surface area contributed by atoms with Gasteiger partial charge in [0.05, 0.1) is 24.2 Å². The topological polar surface area (TPSA) is 51.1 Å². The van der Waals surface area contributed by atoms with E-state index in [1.807, 2.05) is 32.7 Å². The van der Waals surface area contributed by atoms with Gasteiger partial charge in [0.2, 0.25) is 0 Å². The Kier molecular flexibility index (Phi) is 8.47. The van der Waals surface area contributed by atoms with Crippen LogP contribution in [0.1, 0.15) is 47.3 Å². The summed E-state index contributed by atoms with van der Waals surface area (Å²) in [6, 6.07) is 8.00. The minimum absolute atomic E-state index is 0.209. The molecule has 0 bridgehead atoms. The number of nitrogens with zero attached hydrogens (tertiary/aromatic N) is 2. The van der Waals surface area contributed by atoms with Crippen LogP contribution in [0.3, 0.4) is 0 Å². The monoisotopic (exact) mass is 436 g/mol. The number of carbonyl (C=O) groups excluding carboxylic acids is 1. The van der Waals surface area contributed by atoms with Crippen LogP contribution in [0, 0.1) is 6.92 Å². The fourth-order valence-electron chi connectivity index (χ4n) is 2.61. The first-order valence-electron chi connectivity index (χ1n) is 10.0. The normalized spacial score (nSPS) is 11.6. The Morgan fingerprint density at radius 2 is 1.94 bits per heavy atom. The Labute approximate surface area is 180 Å². The van der Waals surface area contributed by atoms with E-state index in [0.717, 1.165) is 30.7 Å². The van der Waals surface area contributed by atoms with E-state index in [1.165, 1.54) is 12.1 Å². The summed E-state index contributed by atoms with van der Waals surface area (Å²) in [5.74, 6) is -0.347. The van der Waals surface area contributed by atoms with Gasteiger partial charge in [-0.05, 0) is 49.6 Å². The fourth-order valence-corrected chi connectivity index (χ4v) is 2.61. The third-order valence-corrected chi connectivity index (χ3v) is 4.50. The lowest BCUT2D eigenvalue weighted by Crippen LogP contribution is -2.14. The molecule has 0 saturated heterocycles. The summed E-state index contributed by atoms with van der Waals surface area (Å²) >= 11 is 0. The average Bonchev–Trinajstić information content (AvgIpc) is 2.74. The summed E-state index contributed by atoms with van der Waals surface area (Å²) < 4.78 is 49.6. The molecule has 0 aliphatic rings. The summed E-state index contributed by atoms with van der Waals surface area (Å²) in [7, 11) is 1.90. The first-order valence-corrected chi connectivity index (χ1v) is 10.0. The predicted molar refractivity (Wildman–Crippen MR) is 114 cm³/mol. The minimum Gasteiger partial charge on any atom is -0.493 e. The SMILES string of the molecule is CCCOc1cc(/N=C/N(C)CC)c(C)cc1C(=O)OCc1cccc(C(F)(F)F)c1. The molecule has 0 N–H and O–H groups in total. The third-order valence-electron chi connectivity index (χ3n) is 4.50. The lowest BCUT2D eigenvalue weighted by molar-refractivity contribution is -0.137. The quantitative estimate of drug-likeness (QED) is 0.284. The first-order chi connectivity index (χ1) is 14.7. The molecule has 2 rings (SSSR count). The molecule has 0 amide bonds. The van der Waals surface area contributed by atoms with Gasteiger partial charge in [0.25, 0.3) is 0 Å². The molecule has 0 aromatic heterocycles. The maximum atomic E-state index is 12.9. The molecular weight excluding hydrogens is 409 g/mol. The highest BCUT2D eigenvalue weighted by Crippen LogP contribution is 2.31. The molecule has 0 unspecified atom stereocenters. The Bertz CT molecular complexity index is 927. The Balaban J connectivity index is 2.24. The van der Waals surface area contributed by atoms with E-state index in [2.05, 4.69) is 4.99 Å². The van der Waals surface area contributed by atoms with Crippen LogP contribution in [-0.4, -0.2) is 37.4 Å². The largest absolute Gasteiger partial charge is 0.493 e. The Hall–Kier alpha value is -3.03. The number of carbonyl (C=O) groups is 1. The number of alkyl halides is 3. The van der Waals surface area contributed by atoms with Crippen LogP contribution in [0.2, 0.25) is 0 Å². The molecule has 0 atom stereocenters. The van der Waals surface area contributed by atoms with Crippen LogP contribution >= 0.6 is 0 Å². The zero-order chi connectivity index (χ0) is 23.0. The number of esters is 1. The van der Waals surface area contributed by atoms with Crippen molar-refractivity contribution in [1.29, 1.82) is 0 Å². The lowest BCUT2D eigenvalue weighted by atomic mass is 10.1. The van der Waals surface area contributed by atoms with Gasteiger partial charge in [-0.1, -0.05) is 19.1 Å². The number of halogens is 3. The van der Waals surface area contributed by atoms with Crippen molar-refractivity contribution in [3.63, 3.8) is 0 Å². The Morgan fingerprint density at radius 1 is 1.19 bits per heavy atom. The number of hydrogen-bond donors (Lipinski definition) is 0. The second kappa shape index (κ2) is 10.8. The highest BCUT2D eigenvalue weighted by Gasteiger charge is 2.30. The van der Waals surface area contributed by atoms with Gasteiger partial charge in [0.1, 0.15) is 17.9 Å². The van der Waals surface area contributed by atoms with E-state index >= 15 is 0 Å². The molecule has 0 radical (unpaired) electrons. The van der Waals surface area contributed by atoms with E-state index in [9.17, 15) is 18.0 Å².